The second-order valence-electron chi connectivity index (χ2n) is 7.31. The second-order valence-corrected chi connectivity index (χ2v) is 7.31. The zero-order valence-electron chi connectivity index (χ0n) is 17.9. The van der Waals surface area contributed by atoms with Gasteiger partial charge in [0.1, 0.15) is 6.54 Å². The number of esters is 1. The molecule has 0 spiro atoms. The highest BCUT2D eigenvalue weighted by Crippen LogP contribution is 2.24. The summed E-state index contributed by atoms with van der Waals surface area (Å²) in [6, 6.07) is 13.8. The number of amides is 1. The number of carbonyl (C=O) groups is 2. The van der Waals surface area contributed by atoms with Gasteiger partial charge in [0.2, 0.25) is 5.91 Å². The smallest absolute Gasteiger partial charge is 0.325 e. The van der Waals surface area contributed by atoms with Crippen molar-refractivity contribution < 1.29 is 14.3 Å². The zero-order chi connectivity index (χ0) is 21.7. The van der Waals surface area contributed by atoms with E-state index in [1.165, 1.54) is 5.56 Å². The Bertz CT molecular complexity index is 1110. The Morgan fingerprint density at radius 3 is 2.63 bits per heavy atom. The van der Waals surface area contributed by atoms with Gasteiger partial charge < -0.3 is 9.30 Å². The van der Waals surface area contributed by atoms with Crippen LogP contribution < -0.4 is 5.43 Å². The number of hydrogen-bond donors (Lipinski definition) is 1. The molecule has 6 nitrogen and oxygen atoms in total. The molecule has 0 aliphatic carbocycles. The number of fused-ring (bicyclic) bond motifs is 1. The number of aryl methyl sites for hydroxylation is 2. The number of nitrogens with zero attached hydrogens (tertiary/aromatic N) is 2. The maximum absolute atomic E-state index is 12.3. The number of ether oxygens (including phenoxy) is 1. The summed E-state index contributed by atoms with van der Waals surface area (Å²) >= 11 is 0. The minimum Gasteiger partial charge on any atom is -0.465 e. The van der Waals surface area contributed by atoms with Gasteiger partial charge in [0, 0.05) is 22.2 Å². The summed E-state index contributed by atoms with van der Waals surface area (Å²) in [5.74, 6) is -0.460. The molecule has 0 aliphatic heterocycles. The van der Waals surface area contributed by atoms with E-state index in [2.05, 4.69) is 16.6 Å². The van der Waals surface area contributed by atoms with Crippen LogP contribution in [0.5, 0.6) is 0 Å². The molecule has 156 valence electrons. The molecule has 2 aromatic carbocycles. The molecule has 6 heteroatoms. The van der Waals surface area contributed by atoms with Gasteiger partial charge in [-0.15, -0.1) is 0 Å². The summed E-state index contributed by atoms with van der Waals surface area (Å²) in [4.78, 5) is 24.3. The molecule has 1 aromatic heterocycles. The van der Waals surface area contributed by atoms with E-state index in [1.807, 2.05) is 61.7 Å². The lowest BCUT2D eigenvalue weighted by molar-refractivity contribution is -0.143. The lowest BCUT2D eigenvalue weighted by Crippen LogP contribution is -2.20. The molecular weight excluding hydrogens is 378 g/mol. The number of benzene rings is 2. The van der Waals surface area contributed by atoms with E-state index in [4.69, 9.17) is 4.74 Å². The lowest BCUT2D eigenvalue weighted by atomic mass is 10.0. The number of nitrogens with one attached hydrogen (secondary N) is 1. The van der Waals surface area contributed by atoms with Crippen molar-refractivity contribution in [2.75, 3.05) is 6.61 Å². The van der Waals surface area contributed by atoms with E-state index in [0.29, 0.717) is 6.61 Å². The van der Waals surface area contributed by atoms with Gasteiger partial charge in [0.15, 0.2) is 0 Å². The fourth-order valence-corrected chi connectivity index (χ4v) is 3.59. The van der Waals surface area contributed by atoms with E-state index in [9.17, 15) is 9.59 Å². The van der Waals surface area contributed by atoms with Crippen molar-refractivity contribution in [3.8, 4) is 0 Å². The van der Waals surface area contributed by atoms with Gasteiger partial charge in [0.05, 0.1) is 19.2 Å². The van der Waals surface area contributed by atoms with Crippen LogP contribution in [-0.4, -0.2) is 29.3 Å². The third-order valence-corrected chi connectivity index (χ3v) is 5.10. The number of hydrogen-bond acceptors (Lipinski definition) is 4. The molecule has 0 saturated carbocycles. The number of aromatic nitrogens is 1. The van der Waals surface area contributed by atoms with E-state index in [-0.39, 0.29) is 24.8 Å². The number of para-hydroxylation sites is 1. The maximum Gasteiger partial charge on any atom is 0.325 e. The molecule has 0 atom stereocenters. The third-order valence-electron chi connectivity index (χ3n) is 5.10. The van der Waals surface area contributed by atoms with Gasteiger partial charge in [0.25, 0.3) is 0 Å². The molecule has 1 heterocycles. The van der Waals surface area contributed by atoms with Crippen LogP contribution in [0.4, 0.5) is 0 Å². The predicted molar refractivity (Wildman–Crippen MR) is 119 cm³/mol. The highest BCUT2D eigenvalue weighted by Gasteiger charge is 2.15. The van der Waals surface area contributed by atoms with Crippen molar-refractivity contribution in [1.82, 2.24) is 9.99 Å². The van der Waals surface area contributed by atoms with Crippen LogP contribution in [0.15, 0.2) is 47.6 Å². The normalized spacial score (nSPS) is 11.2. The summed E-state index contributed by atoms with van der Waals surface area (Å²) in [5, 5.41) is 5.14. The first kappa shape index (κ1) is 21.3. The molecule has 0 saturated heterocycles. The molecule has 0 bridgehead atoms. The quantitative estimate of drug-likeness (QED) is 0.369. The highest BCUT2D eigenvalue weighted by atomic mass is 16.5. The molecule has 3 rings (SSSR count). The fourth-order valence-electron chi connectivity index (χ4n) is 3.59. The SMILES string of the molecule is CCOC(=O)Cn1c(C)c(/C=N/NC(=O)Cc2ccc(C)cc2C)c2ccccc21. The molecule has 30 heavy (non-hydrogen) atoms. The van der Waals surface area contributed by atoms with E-state index >= 15 is 0 Å². The monoisotopic (exact) mass is 405 g/mol. The van der Waals surface area contributed by atoms with Crippen LogP contribution in [0, 0.1) is 20.8 Å². The Hall–Kier alpha value is -3.41. The number of hydrazone groups is 1. The Kier molecular flexibility index (Phi) is 6.67. The van der Waals surface area contributed by atoms with Crippen molar-refractivity contribution >= 4 is 29.0 Å². The molecule has 1 amide bonds. The van der Waals surface area contributed by atoms with Gasteiger partial charge in [-0.05, 0) is 44.9 Å². The van der Waals surface area contributed by atoms with E-state index < -0.39 is 0 Å². The fraction of sp³-hybridized carbons (Fsp3) is 0.292. The average Bonchev–Trinajstić information content (AvgIpc) is 2.96. The van der Waals surface area contributed by atoms with Crippen LogP contribution in [-0.2, 0) is 27.3 Å². The molecule has 3 aromatic rings. The molecule has 0 unspecified atom stereocenters. The maximum atomic E-state index is 12.3. The van der Waals surface area contributed by atoms with Crippen molar-refractivity contribution in [2.24, 2.45) is 5.10 Å². The van der Waals surface area contributed by atoms with Crippen molar-refractivity contribution in [3.05, 3.63) is 70.4 Å². The lowest BCUT2D eigenvalue weighted by Gasteiger charge is -2.07. The average molecular weight is 405 g/mol. The summed E-state index contributed by atoms with van der Waals surface area (Å²) in [7, 11) is 0. The highest BCUT2D eigenvalue weighted by molar-refractivity contribution is 6.01. The van der Waals surface area contributed by atoms with Gasteiger partial charge >= 0.3 is 5.97 Å². The standard InChI is InChI=1S/C24H27N3O3/c1-5-30-24(29)15-27-18(4)21(20-8-6-7-9-22(20)27)14-25-26-23(28)13-19-11-10-16(2)12-17(19)3/h6-12,14H,5,13,15H2,1-4H3,(H,26,28)/b25-14+. The molecule has 1 N–H and O–H groups in total. The number of carbonyl (C=O) groups excluding carboxylic acids is 2. The van der Waals surface area contributed by atoms with Crippen molar-refractivity contribution in [2.45, 2.75) is 40.7 Å². The second kappa shape index (κ2) is 9.39. The van der Waals surface area contributed by atoms with Gasteiger partial charge in [-0.2, -0.15) is 5.10 Å². The van der Waals surface area contributed by atoms with Crippen molar-refractivity contribution in [3.63, 3.8) is 0 Å². The largest absolute Gasteiger partial charge is 0.465 e. The minimum absolute atomic E-state index is 0.132. The Morgan fingerprint density at radius 2 is 1.90 bits per heavy atom. The molecule has 0 aliphatic rings. The first-order valence-corrected chi connectivity index (χ1v) is 10.0. The van der Waals surface area contributed by atoms with Crippen LogP contribution >= 0.6 is 0 Å². The first-order valence-electron chi connectivity index (χ1n) is 10.0. The zero-order valence-corrected chi connectivity index (χ0v) is 17.9. The summed E-state index contributed by atoms with van der Waals surface area (Å²) in [6.07, 6.45) is 1.91. The summed E-state index contributed by atoms with van der Waals surface area (Å²) in [6.45, 7) is 8.23. The van der Waals surface area contributed by atoms with Crippen LogP contribution in [0.1, 0.15) is 34.9 Å². The third kappa shape index (κ3) is 4.76. The van der Waals surface area contributed by atoms with E-state index in [0.717, 1.165) is 33.3 Å². The summed E-state index contributed by atoms with van der Waals surface area (Å²) < 4.78 is 7.00. The predicted octanol–water partition coefficient (Wildman–Crippen LogP) is 3.82. The molecule has 0 fully saturated rings. The van der Waals surface area contributed by atoms with Crippen LogP contribution in [0.25, 0.3) is 10.9 Å². The van der Waals surface area contributed by atoms with Gasteiger partial charge in [-0.25, -0.2) is 5.43 Å². The molecule has 0 radical (unpaired) electrons. The van der Waals surface area contributed by atoms with Crippen LogP contribution in [0.2, 0.25) is 0 Å². The Morgan fingerprint density at radius 1 is 1.13 bits per heavy atom. The van der Waals surface area contributed by atoms with E-state index in [1.54, 1.807) is 13.1 Å². The molecular formula is C24H27N3O3. The Labute approximate surface area is 176 Å². The van der Waals surface area contributed by atoms with Gasteiger partial charge in [-0.3, -0.25) is 9.59 Å². The Balaban J connectivity index is 1.78. The van der Waals surface area contributed by atoms with Crippen molar-refractivity contribution in [1.29, 1.82) is 0 Å². The van der Waals surface area contributed by atoms with Gasteiger partial charge in [-0.1, -0.05) is 42.0 Å². The number of rotatable bonds is 7. The van der Waals surface area contributed by atoms with Crippen LogP contribution in [0.3, 0.4) is 0 Å². The summed E-state index contributed by atoms with van der Waals surface area (Å²) in [5.41, 5.74) is 8.53. The first-order chi connectivity index (χ1) is 14.4. The minimum atomic E-state index is -0.286. The topological polar surface area (TPSA) is 72.7 Å².